The van der Waals surface area contributed by atoms with Gasteiger partial charge in [0.1, 0.15) is 61.7 Å². The Morgan fingerprint density at radius 1 is 0.571 bits per heavy atom. The van der Waals surface area contributed by atoms with E-state index < -0.39 is 54.4 Å². The zero-order valence-electron chi connectivity index (χ0n) is 46.8. The first-order chi connectivity index (χ1) is 34.1. The Balaban J connectivity index is 2.04. The molecule has 4 bridgehead atoms. The maximum absolute atomic E-state index is 12.5. The third kappa shape index (κ3) is 19.5. The lowest BCUT2D eigenvalue weighted by atomic mass is 9.67. The van der Waals surface area contributed by atoms with Crippen LogP contribution in [0.2, 0.25) is 0 Å². The molecule has 12 heteroatoms. The van der Waals surface area contributed by atoms with Crippen molar-refractivity contribution >= 4 is 5.91 Å². The van der Waals surface area contributed by atoms with Crippen LogP contribution in [-0.4, -0.2) is 147 Å². The Morgan fingerprint density at radius 2 is 1.00 bits per heavy atom. The molecule has 0 radical (unpaired) electrons. The molecule has 70 heavy (non-hydrogen) atoms. The average molecular weight is 997 g/mol. The summed E-state index contributed by atoms with van der Waals surface area (Å²) in [5, 5.41) is 0. The van der Waals surface area contributed by atoms with E-state index >= 15 is 0 Å². The van der Waals surface area contributed by atoms with Crippen LogP contribution in [-0.2, 0) is 52.2 Å². The van der Waals surface area contributed by atoms with E-state index in [4.69, 9.17) is 47.4 Å². The lowest BCUT2D eigenvalue weighted by molar-refractivity contribution is -0.336. The Bertz CT molecular complexity index is 1320. The molecule has 11 atom stereocenters. The first kappa shape index (κ1) is 63.1. The van der Waals surface area contributed by atoms with Crippen molar-refractivity contribution in [2.24, 2.45) is 5.41 Å². The van der Waals surface area contributed by atoms with E-state index in [0.29, 0.717) is 26.1 Å². The third-order valence-corrected chi connectivity index (χ3v) is 16.2. The number of rotatable bonds is 18. The normalized spacial score (nSPS) is 32.7. The predicted octanol–water partition coefficient (Wildman–Crippen LogP) is 12.7. The largest absolute Gasteiger partial charge is 0.382 e. The number of likely N-dealkylation sites (N-methyl/N-ethyl adjacent to an activating group) is 1. The van der Waals surface area contributed by atoms with Gasteiger partial charge in [0.05, 0.1) is 24.9 Å². The number of ether oxygens (including phenoxy) is 10. The number of carbonyl (C=O) groups is 1. The van der Waals surface area contributed by atoms with E-state index in [-0.39, 0.29) is 36.9 Å². The summed E-state index contributed by atoms with van der Waals surface area (Å²) in [7, 11) is 10.5. The molecule has 0 aromatic rings. The number of hydrogen-bond donors (Lipinski definition) is 0. The molecule has 5 saturated heterocycles. The van der Waals surface area contributed by atoms with E-state index in [1.54, 1.807) is 42.6 Å². The van der Waals surface area contributed by atoms with Crippen LogP contribution < -0.4 is 0 Å². The molecule has 5 aliphatic heterocycles. The Kier molecular flexibility index (Phi) is 33.1. The Morgan fingerprint density at radius 3 is 1.44 bits per heavy atom. The van der Waals surface area contributed by atoms with Crippen LogP contribution >= 0.6 is 0 Å². The fourth-order valence-corrected chi connectivity index (χ4v) is 12.5. The van der Waals surface area contributed by atoms with Gasteiger partial charge in [-0.25, -0.2) is 0 Å². The highest BCUT2D eigenvalue weighted by atomic mass is 16.7. The van der Waals surface area contributed by atoms with Crippen molar-refractivity contribution in [1.82, 2.24) is 4.90 Å². The second-order valence-electron chi connectivity index (χ2n) is 21.3. The fraction of sp³-hybridized carbons (Fsp3) is 0.948. The first-order valence-electron chi connectivity index (χ1n) is 28.8. The lowest BCUT2D eigenvalue weighted by Crippen LogP contribution is -2.70. The molecule has 5 heterocycles. The van der Waals surface area contributed by atoms with Crippen molar-refractivity contribution in [2.75, 3.05) is 69.1 Å². The Labute approximate surface area is 429 Å². The highest BCUT2D eigenvalue weighted by molar-refractivity contribution is 5.86. The van der Waals surface area contributed by atoms with Crippen molar-refractivity contribution in [3.05, 3.63) is 12.7 Å². The minimum Gasteiger partial charge on any atom is -0.382 e. The molecule has 0 saturated carbocycles. The SMILES string of the molecule is C=CC(=O)N(C)COCC1OC2C(OC)C(OC)C1OCCCCCCCCCCCCCCCCCCCCCCCC(CCC)(CCC)C1OC(COC)C(OC2(CC)CCC)C(OC)C1OC. The molecule has 5 fully saturated rings. The molecule has 0 aromatic heterocycles. The van der Waals surface area contributed by atoms with Crippen LogP contribution in [0.1, 0.15) is 214 Å². The van der Waals surface area contributed by atoms with Crippen LogP contribution in [0.15, 0.2) is 12.7 Å². The molecule has 0 spiro atoms. The van der Waals surface area contributed by atoms with Crippen molar-refractivity contribution < 1.29 is 52.2 Å². The van der Waals surface area contributed by atoms with Crippen LogP contribution in [0.4, 0.5) is 0 Å². The van der Waals surface area contributed by atoms with Crippen LogP contribution in [0.25, 0.3) is 0 Å². The summed E-state index contributed by atoms with van der Waals surface area (Å²) in [6, 6.07) is 0. The summed E-state index contributed by atoms with van der Waals surface area (Å²) >= 11 is 0. The van der Waals surface area contributed by atoms with Gasteiger partial charge in [0.2, 0.25) is 5.91 Å². The van der Waals surface area contributed by atoms with E-state index in [1.807, 2.05) is 0 Å². The second-order valence-corrected chi connectivity index (χ2v) is 21.3. The molecule has 0 aromatic carbocycles. The zero-order valence-corrected chi connectivity index (χ0v) is 46.8. The lowest BCUT2D eigenvalue weighted by Gasteiger charge is -2.56. The number of carbonyl (C=O) groups excluding carboxylic acids is 1. The summed E-state index contributed by atoms with van der Waals surface area (Å²) in [6.07, 6.45) is 31.3. The molecule has 12 nitrogen and oxygen atoms in total. The van der Waals surface area contributed by atoms with E-state index in [0.717, 1.165) is 51.4 Å². The van der Waals surface area contributed by atoms with Gasteiger partial charge in [0, 0.05) is 49.2 Å². The number of amides is 1. The number of fused-ring (bicyclic) bond motifs is 2. The highest BCUT2D eigenvalue weighted by Crippen LogP contribution is 2.48. The molecular formula is C58H109NO11. The van der Waals surface area contributed by atoms with Gasteiger partial charge >= 0.3 is 0 Å². The number of hydrogen-bond acceptors (Lipinski definition) is 11. The van der Waals surface area contributed by atoms with Crippen LogP contribution in [0.3, 0.4) is 0 Å². The topological polar surface area (TPSA) is 113 Å². The monoisotopic (exact) mass is 996 g/mol. The predicted molar refractivity (Wildman–Crippen MR) is 283 cm³/mol. The van der Waals surface area contributed by atoms with Gasteiger partial charge in [-0.3, -0.25) is 4.79 Å². The fourth-order valence-electron chi connectivity index (χ4n) is 12.5. The Hall–Kier alpha value is -1.19. The van der Waals surface area contributed by atoms with Crippen molar-refractivity contribution in [3.63, 3.8) is 0 Å². The molecule has 1 amide bonds. The minimum absolute atomic E-state index is 0.0720. The van der Waals surface area contributed by atoms with Gasteiger partial charge in [-0.15, -0.1) is 0 Å². The second kappa shape index (κ2) is 36.7. The van der Waals surface area contributed by atoms with Gasteiger partial charge in [-0.2, -0.15) is 0 Å². The molecule has 5 aliphatic rings. The summed E-state index contributed by atoms with van der Waals surface area (Å²) in [5.41, 5.74) is -0.974. The summed E-state index contributed by atoms with van der Waals surface area (Å²) in [6.45, 7) is 13.8. The molecule has 412 valence electrons. The molecule has 11 unspecified atom stereocenters. The maximum atomic E-state index is 12.5. The van der Waals surface area contributed by atoms with E-state index in [2.05, 4.69) is 34.3 Å². The minimum atomic E-state index is -0.882. The highest BCUT2D eigenvalue weighted by Gasteiger charge is 2.60. The molecule has 5 rings (SSSR count). The quantitative estimate of drug-likeness (QED) is 0.0966. The van der Waals surface area contributed by atoms with Gasteiger partial charge in [-0.05, 0) is 50.0 Å². The van der Waals surface area contributed by atoms with E-state index in [1.165, 1.54) is 133 Å². The van der Waals surface area contributed by atoms with Gasteiger partial charge < -0.3 is 52.3 Å². The average Bonchev–Trinajstić information content (AvgIpc) is 3.36. The van der Waals surface area contributed by atoms with Crippen LogP contribution in [0.5, 0.6) is 0 Å². The smallest absolute Gasteiger partial charge is 0.247 e. The van der Waals surface area contributed by atoms with Gasteiger partial charge in [0.25, 0.3) is 0 Å². The van der Waals surface area contributed by atoms with E-state index in [9.17, 15) is 4.79 Å². The van der Waals surface area contributed by atoms with Crippen LogP contribution in [0, 0.1) is 5.41 Å². The van der Waals surface area contributed by atoms with Crippen molar-refractivity contribution in [2.45, 2.75) is 281 Å². The number of methoxy groups -OCH3 is 5. The summed E-state index contributed by atoms with van der Waals surface area (Å²) < 4.78 is 67.7. The molecule has 0 N–H and O–H groups in total. The number of nitrogens with zero attached hydrogens (tertiary/aromatic N) is 1. The standard InChI is InChI=1S/C58H109NO11/c1-12-38-57(39-13-2)41-36-34-32-30-28-26-24-22-20-18-17-19-21-23-25-27-29-31-33-35-37-42-67-49-47(44-66-45-59(6)48(60)15-4)69-56(54(65-11)51(49)62-8)58(16-5,40-14-3)70-50-46(43-61-7)68-55(57)53(64-10)52(50)63-9/h15,46-47,49-56H,4,12-14,16-45H2,1-3,5-11H3. The third-order valence-electron chi connectivity index (χ3n) is 16.2. The summed E-state index contributed by atoms with van der Waals surface area (Å²) in [4.78, 5) is 14.0. The first-order valence-corrected chi connectivity index (χ1v) is 28.8. The van der Waals surface area contributed by atoms with Gasteiger partial charge in [0.15, 0.2) is 0 Å². The molecule has 0 aliphatic carbocycles. The molecular weight excluding hydrogens is 887 g/mol. The maximum Gasteiger partial charge on any atom is 0.247 e. The van der Waals surface area contributed by atoms with Gasteiger partial charge in [-0.1, -0.05) is 182 Å². The van der Waals surface area contributed by atoms with Crippen molar-refractivity contribution in [1.29, 1.82) is 0 Å². The zero-order chi connectivity index (χ0) is 51.0. The summed E-state index contributed by atoms with van der Waals surface area (Å²) in [5.74, 6) is -0.219. The van der Waals surface area contributed by atoms with Crippen molar-refractivity contribution in [3.8, 4) is 0 Å².